The normalized spacial score (nSPS) is 14.1. The Hall–Kier alpha value is -1.01. The molecule has 112 valence electrons. The van der Waals surface area contributed by atoms with E-state index >= 15 is 0 Å². The Bertz CT molecular complexity index is 508. The van der Waals surface area contributed by atoms with Crippen molar-refractivity contribution in [2.45, 2.75) is 39.2 Å². The van der Waals surface area contributed by atoms with Gasteiger partial charge >= 0.3 is 0 Å². The molecule has 0 aliphatic heterocycles. The van der Waals surface area contributed by atoms with Crippen molar-refractivity contribution in [3.8, 4) is 0 Å². The molecule has 0 saturated carbocycles. The number of rotatable bonds is 6. The largest absolute Gasteiger partial charge is 0.348 e. The standard InChI is InChI=1S/C13H20ClN3O2S/c1-8(2)12-15-7-10(14)11(17-12)13(18)16-9(3)5-6-20(4)19/h7-9H,5-6H2,1-4H3,(H,16,18). The quantitative estimate of drug-likeness (QED) is 0.872. The van der Waals surface area contributed by atoms with E-state index in [0.29, 0.717) is 18.0 Å². The van der Waals surface area contributed by atoms with Gasteiger partial charge in [-0.05, 0) is 13.3 Å². The summed E-state index contributed by atoms with van der Waals surface area (Å²) in [6.45, 7) is 5.76. The molecular weight excluding hydrogens is 298 g/mol. The van der Waals surface area contributed by atoms with E-state index in [4.69, 9.17) is 11.6 Å². The van der Waals surface area contributed by atoms with Crippen LogP contribution in [0.3, 0.4) is 0 Å². The number of hydrogen-bond donors (Lipinski definition) is 1. The first-order valence-corrected chi connectivity index (χ1v) is 8.55. The highest BCUT2D eigenvalue weighted by Gasteiger charge is 2.17. The average Bonchev–Trinajstić information content (AvgIpc) is 2.36. The topological polar surface area (TPSA) is 72.0 Å². The first-order chi connectivity index (χ1) is 9.31. The Labute approximate surface area is 127 Å². The van der Waals surface area contributed by atoms with Gasteiger partial charge in [0.2, 0.25) is 0 Å². The number of nitrogens with one attached hydrogen (secondary N) is 1. The molecule has 1 aromatic heterocycles. The number of hydrogen-bond acceptors (Lipinski definition) is 4. The molecule has 0 aliphatic carbocycles. The van der Waals surface area contributed by atoms with Crippen molar-refractivity contribution in [2.75, 3.05) is 12.0 Å². The SMILES string of the molecule is CC(CCS(C)=O)NC(=O)c1nc(C(C)C)ncc1Cl. The van der Waals surface area contributed by atoms with E-state index in [-0.39, 0.29) is 28.6 Å². The third-order valence-electron chi connectivity index (χ3n) is 2.71. The molecule has 1 N–H and O–H groups in total. The van der Waals surface area contributed by atoms with Gasteiger partial charge in [-0.2, -0.15) is 0 Å². The summed E-state index contributed by atoms with van der Waals surface area (Å²) in [7, 11) is -0.863. The number of carbonyl (C=O) groups is 1. The van der Waals surface area contributed by atoms with Crippen molar-refractivity contribution >= 4 is 28.3 Å². The summed E-state index contributed by atoms with van der Waals surface area (Å²) >= 11 is 5.97. The van der Waals surface area contributed by atoms with Gasteiger partial charge in [-0.3, -0.25) is 9.00 Å². The highest BCUT2D eigenvalue weighted by molar-refractivity contribution is 7.84. The van der Waals surface area contributed by atoms with Gasteiger partial charge in [0, 0.05) is 34.8 Å². The molecule has 1 amide bonds. The molecular formula is C13H20ClN3O2S. The molecule has 20 heavy (non-hydrogen) atoms. The van der Waals surface area contributed by atoms with E-state index < -0.39 is 10.8 Å². The lowest BCUT2D eigenvalue weighted by Crippen LogP contribution is -2.34. The highest BCUT2D eigenvalue weighted by Crippen LogP contribution is 2.16. The first kappa shape index (κ1) is 17.0. The number of nitrogens with zero attached hydrogens (tertiary/aromatic N) is 2. The maximum Gasteiger partial charge on any atom is 0.271 e. The summed E-state index contributed by atoms with van der Waals surface area (Å²) in [5, 5.41) is 3.04. The third kappa shape index (κ3) is 5.17. The first-order valence-electron chi connectivity index (χ1n) is 6.44. The monoisotopic (exact) mass is 317 g/mol. The zero-order chi connectivity index (χ0) is 15.3. The summed E-state index contributed by atoms with van der Waals surface area (Å²) in [6.07, 6.45) is 3.74. The van der Waals surface area contributed by atoms with Gasteiger partial charge in [-0.1, -0.05) is 25.4 Å². The van der Waals surface area contributed by atoms with Gasteiger partial charge in [0.05, 0.1) is 11.2 Å². The second-order valence-electron chi connectivity index (χ2n) is 5.02. The highest BCUT2D eigenvalue weighted by atomic mass is 35.5. The van der Waals surface area contributed by atoms with E-state index in [1.807, 2.05) is 20.8 Å². The molecule has 1 heterocycles. The molecule has 0 radical (unpaired) electrons. The second-order valence-corrected chi connectivity index (χ2v) is 6.98. The van der Waals surface area contributed by atoms with E-state index in [9.17, 15) is 9.00 Å². The summed E-state index contributed by atoms with van der Waals surface area (Å²) < 4.78 is 11.0. The van der Waals surface area contributed by atoms with Gasteiger partial charge in [0.1, 0.15) is 11.5 Å². The predicted octanol–water partition coefficient (Wildman–Crippen LogP) is 2.14. The van der Waals surface area contributed by atoms with Gasteiger partial charge in [0.15, 0.2) is 0 Å². The van der Waals surface area contributed by atoms with Crippen molar-refractivity contribution in [3.63, 3.8) is 0 Å². The maximum atomic E-state index is 12.1. The van der Waals surface area contributed by atoms with E-state index in [1.165, 1.54) is 6.20 Å². The molecule has 0 aromatic carbocycles. The van der Waals surface area contributed by atoms with Crippen LogP contribution in [0.15, 0.2) is 6.20 Å². The van der Waals surface area contributed by atoms with Gasteiger partial charge in [-0.15, -0.1) is 0 Å². The Kier molecular flexibility index (Phi) is 6.55. The van der Waals surface area contributed by atoms with Crippen LogP contribution in [0.5, 0.6) is 0 Å². The molecule has 0 saturated heterocycles. The number of amides is 1. The van der Waals surface area contributed by atoms with Crippen LogP contribution in [0.25, 0.3) is 0 Å². The lowest BCUT2D eigenvalue weighted by atomic mass is 10.2. The van der Waals surface area contributed by atoms with Crippen LogP contribution < -0.4 is 5.32 Å². The predicted molar refractivity (Wildman–Crippen MR) is 81.6 cm³/mol. The minimum Gasteiger partial charge on any atom is -0.348 e. The second kappa shape index (κ2) is 7.69. The zero-order valence-electron chi connectivity index (χ0n) is 12.1. The third-order valence-corrected chi connectivity index (χ3v) is 3.80. The lowest BCUT2D eigenvalue weighted by molar-refractivity contribution is 0.0934. The minimum absolute atomic E-state index is 0.0834. The molecule has 5 nitrogen and oxygen atoms in total. The molecule has 0 aliphatic rings. The number of carbonyl (C=O) groups excluding carboxylic acids is 1. The van der Waals surface area contributed by atoms with Crippen molar-refractivity contribution in [1.82, 2.24) is 15.3 Å². The lowest BCUT2D eigenvalue weighted by Gasteiger charge is -2.14. The Balaban J connectivity index is 2.76. The van der Waals surface area contributed by atoms with Crippen LogP contribution in [-0.2, 0) is 10.8 Å². The average molecular weight is 318 g/mol. The smallest absolute Gasteiger partial charge is 0.271 e. The molecule has 7 heteroatoms. The Morgan fingerprint density at radius 1 is 1.45 bits per heavy atom. The summed E-state index contributed by atoms with van der Waals surface area (Å²) in [5.41, 5.74) is 0.190. The van der Waals surface area contributed by atoms with Crippen LogP contribution in [0.4, 0.5) is 0 Å². The van der Waals surface area contributed by atoms with Crippen molar-refractivity contribution in [3.05, 3.63) is 22.7 Å². The molecule has 0 bridgehead atoms. The van der Waals surface area contributed by atoms with E-state index in [2.05, 4.69) is 15.3 Å². The fraction of sp³-hybridized carbons (Fsp3) is 0.615. The fourth-order valence-electron chi connectivity index (χ4n) is 1.53. The molecule has 0 fully saturated rings. The van der Waals surface area contributed by atoms with E-state index in [1.54, 1.807) is 6.26 Å². The Morgan fingerprint density at radius 3 is 2.65 bits per heavy atom. The number of halogens is 1. The fourth-order valence-corrected chi connectivity index (χ4v) is 2.39. The maximum absolute atomic E-state index is 12.1. The molecule has 2 unspecified atom stereocenters. The molecule has 2 atom stereocenters. The molecule has 0 spiro atoms. The summed E-state index contributed by atoms with van der Waals surface area (Å²) in [5.74, 6) is 0.935. The van der Waals surface area contributed by atoms with Crippen LogP contribution >= 0.6 is 11.6 Å². The Morgan fingerprint density at radius 2 is 2.10 bits per heavy atom. The minimum atomic E-state index is -0.863. The summed E-state index contributed by atoms with van der Waals surface area (Å²) in [6, 6.07) is -0.0834. The number of aromatic nitrogens is 2. The molecule has 1 rings (SSSR count). The van der Waals surface area contributed by atoms with Crippen LogP contribution in [0.1, 0.15) is 49.4 Å². The zero-order valence-corrected chi connectivity index (χ0v) is 13.7. The van der Waals surface area contributed by atoms with Crippen LogP contribution in [0, 0.1) is 0 Å². The van der Waals surface area contributed by atoms with Crippen molar-refractivity contribution in [1.29, 1.82) is 0 Å². The van der Waals surface area contributed by atoms with Gasteiger partial charge < -0.3 is 5.32 Å². The van der Waals surface area contributed by atoms with Crippen molar-refractivity contribution < 1.29 is 9.00 Å². The molecule has 1 aromatic rings. The van der Waals surface area contributed by atoms with E-state index in [0.717, 1.165) is 0 Å². The van der Waals surface area contributed by atoms with Crippen LogP contribution in [-0.4, -0.2) is 38.1 Å². The van der Waals surface area contributed by atoms with Crippen molar-refractivity contribution in [2.24, 2.45) is 0 Å². The van der Waals surface area contributed by atoms with Gasteiger partial charge in [-0.25, -0.2) is 9.97 Å². The van der Waals surface area contributed by atoms with Gasteiger partial charge in [0.25, 0.3) is 5.91 Å². The van der Waals surface area contributed by atoms with Crippen LogP contribution in [0.2, 0.25) is 5.02 Å². The summed E-state index contributed by atoms with van der Waals surface area (Å²) in [4.78, 5) is 20.4.